The standard InChI is InChI=1S/C17H22N2O/c1-13(2)18-11-16-9-10-17(12-19-16)20-14(3)15-7-5-4-6-8-15/h4-10,12-14,18H,11H2,1-3H3. The second-order valence-corrected chi connectivity index (χ2v) is 5.19. The lowest BCUT2D eigenvalue weighted by atomic mass is 10.1. The van der Waals surface area contributed by atoms with Crippen molar-refractivity contribution in [2.45, 2.75) is 39.5 Å². The van der Waals surface area contributed by atoms with E-state index in [1.807, 2.05) is 37.3 Å². The van der Waals surface area contributed by atoms with Gasteiger partial charge in [-0.25, -0.2) is 0 Å². The molecule has 3 nitrogen and oxygen atoms in total. The number of benzene rings is 1. The Balaban J connectivity index is 1.93. The lowest BCUT2D eigenvalue weighted by Crippen LogP contribution is -2.22. The van der Waals surface area contributed by atoms with Crippen molar-refractivity contribution in [2.75, 3.05) is 0 Å². The molecule has 0 fully saturated rings. The summed E-state index contributed by atoms with van der Waals surface area (Å²) < 4.78 is 5.90. The zero-order chi connectivity index (χ0) is 14.4. The number of nitrogens with zero attached hydrogens (tertiary/aromatic N) is 1. The van der Waals surface area contributed by atoms with Gasteiger partial charge in [-0.1, -0.05) is 44.2 Å². The number of aromatic nitrogens is 1. The average molecular weight is 270 g/mol. The van der Waals surface area contributed by atoms with Gasteiger partial charge in [-0.15, -0.1) is 0 Å². The third-order valence-electron chi connectivity index (χ3n) is 3.07. The molecule has 1 aromatic carbocycles. The van der Waals surface area contributed by atoms with E-state index in [2.05, 4.69) is 36.3 Å². The topological polar surface area (TPSA) is 34.1 Å². The first-order valence-corrected chi connectivity index (χ1v) is 7.05. The zero-order valence-electron chi connectivity index (χ0n) is 12.3. The third-order valence-corrected chi connectivity index (χ3v) is 3.07. The molecule has 1 N–H and O–H groups in total. The monoisotopic (exact) mass is 270 g/mol. The van der Waals surface area contributed by atoms with Gasteiger partial charge in [0, 0.05) is 12.6 Å². The van der Waals surface area contributed by atoms with Crippen LogP contribution in [0.1, 0.15) is 38.1 Å². The minimum absolute atomic E-state index is 0.0256. The van der Waals surface area contributed by atoms with Crippen molar-refractivity contribution >= 4 is 0 Å². The molecule has 1 aromatic heterocycles. The Morgan fingerprint density at radius 3 is 2.40 bits per heavy atom. The highest BCUT2D eigenvalue weighted by atomic mass is 16.5. The summed E-state index contributed by atoms with van der Waals surface area (Å²) in [6.45, 7) is 7.08. The molecule has 3 heteroatoms. The Morgan fingerprint density at radius 1 is 1.05 bits per heavy atom. The lowest BCUT2D eigenvalue weighted by molar-refractivity contribution is 0.226. The highest BCUT2D eigenvalue weighted by Crippen LogP contribution is 2.20. The fourth-order valence-corrected chi connectivity index (χ4v) is 1.89. The Morgan fingerprint density at radius 2 is 1.80 bits per heavy atom. The highest BCUT2D eigenvalue weighted by Gasteiger charge is 2.06. The van der Waals surface area contributed by atoms with Crippen LogP contribution in [0.3, 0.4) is 0 Å². The third kappa shape index (κ3) is 4.35. The van der Waals surface area contributed by atoms with Gasteiger partial charge < -0.3 is 10.1 Å². The van der Waals surface area contributed by atoms with Crippen LogP contribution in [0, 0.1) is 0 Å². The Bertz CT molecular complexity index is 508. The van der Waals surface area contributed by atoms with Gasteiger partial charge in [-0.3, -0.25) is 4.98 Å². The molecule has 0 aliphatic carbocycles. The van der Waals surface area contributed by atoms with Crippen LogP contribution in [0.25, 0.3) is 0 Å². The van der Waals surface area contributed by atoms with Gasteiger partial charge in [0.15, 0.2) is 0 Å². The van der Waals surface area contributed by atoms with Gasteiger partial charge in [0.1, 0.15) is 11.9 Å². The molecular formula is C17H22N2O. The van der Waals surface area contributed by atoms with Crippen molar-refractivity contribution in [3.63, 3.8) is 0 Å². The molecule has 0 saturated heterocycles. The Kier molecular flexibility index (Phi) is 5.13. The summed E-state index contributed by atoms with van der Waals surface area (Å²) in [6, 6.07) is 14.6. The van der Waals surface area contributed by atoms with Crippen LogP contribution in [0.2, 0.25) is 0 Å². The molecule has 1 unspecified atom stereocenters. The van der Waals surface area contributed by atoms with Crippen molar-refractivity contribution in [2.24, 2.45) is 0 Å². The van der Waals surface area contributed by atoms with Gasteiger partial charge in [0.25, 0.3) is 0 Å². The highest BCUT2D eigenvalue weighted by molar-refractivity contribution is 5.23. The van der Waals surface area contributed by atoms with Crippen molar-refractivity contribution in [1.29, 1.82) is 0 Å². The Hall–Kier alpha value is -1.87. The molecule has 0 aliphatic heterocycles. The number of rotatable bonds is 6. The maximum absolute atomic E-state index is 5.90. The van der Waals surface area contributed by atoms with E-state index in [0.717, 1.165) is 23.6 Å². The smallest absolute Gasteiger partial charge is 0.138 e. The molecule has 0 bridgehead atoms. The van der Waals surface area contributed by atoms with Gasteiger partial charge in [-0.05, 0) is 24.6 Å². The second-order valence-electron chi connectivity index (χ2n) is 5.19. The number of pyridine rings is 1. The van der Waals surface area contributed by atoms with Crippen LogP contribution in [-0.4, -0.2) is 11.0 Å². The minimum Gasteiger partial charge on any atom is -0.484 e. The molecule has 0 radical (unpaired) electrons. The van der Waals surface area contributed by atoms with Crippen molar-refractivity contribution in [1.82, 2.24) is 10.3 Å². The van der Waals surface area contributed by atoms with E-state index >= 15 is 0 Å². The zero-order valence-corrected chi connectivity index (χ0v) is 12.3. The fraction of sp³-hybridized carbons (Fsp3) is 0.353. The minimum atomic E-state index is 0.0256. The summed E-state index contributed by atoms with van der Waals surface area (Å²) in [4.78, 5) is 4.41. The maximum atomic E-state index is 5.90. The largest absolute Gasteiger partial charge is 0.484 e. The summed E-state index contributed by atoms with van der Waals surface area (Å²) in [5, 5.41) is 3.34. The van der Waals surface area contributed by atoms with Crippen LogP contribution >= 0.6 is 0 Å². The average Bonchev–Trinajstić information content (AvgIpc) is 2.47. The number of hydrogen-bond acceptors (Lipinski definition) is 3. The summed E-state index contributed by atoms with van der Waals surface area (Å²) >= 11 is 0. The first-order valence-electron chi connectivity index (χ1n) is 7.05. The predicted octanol–water partition coefficient (Wildman–Crippen LogP) is 3.72. The molecule has 20 heavy (non-hydrogen) atoms. The summed E-state index contributed by atoms with van der Waals surface area (Å²) in [5.74, 6) is 0.801. The van der Waals surface area contributed by atoms with Crippen molar-refractivity contribution in [3.8, 4) is 5.75 Å². The molecule has 106 valence electrons. The maximum Gasteiger partial charge on any atom is 0.138 e. The van der Waals surface area contributed by atoms with Gasteiger partial charge in [0.2, 0.25) is 0 Å². The molecule has 1 heterocycles. The predicted molar refractivity (Wildman–Crippen MR) is 81.7 cm³/mol. The van der Waals surface area contributed by atoms with E-state index in [0.29, 0.717) is 6.04 Å². The van der Waals surface area contributed by atoms with Crippen LogP contribution < -0.4 is 10.1 Å². The van der Waals surface area contributed by atoms with Crippen LogP contribution in [-0.2, 0) is 6.54 Å². The van der Waals surface area contributed by atoms with Crippen molar-refractivity contribution in [3.05, 3.63) is 59.9 Å². The number of ether oxygens (including phenoxy) is 1. The fourth-order valence-electron chi connectivity index (χ4n) is 1.89. The van der Waals surface area contributed by atoms with E-state index in [1.165, 1.54) is 0 Å². The van der Waals surface area contributed by atoms with E-state index < -0.39 is 0 Å². The van der Waals surface area contributed by atoms with Crippen LogP contribution in [0.15, 0.2) is 48.7 Å². The molecule has 0 spiro atoms. The van der Waals surface area contributed by atoms with E-state index in [9.17, 15) is 0 Å². The summed E-state index contributed by atoms with van der Waals surface area (Å²) in [7, 11) is 0. The molecule has 0 amide bonds. The molecule has 0 saturated carbocycles. The molecule has 0 aliphatic rings. The number of nitrogens with one attached hydrogen (secondary N) is 1. The SMILES string of the molecule is CC(C)NCc1ccc(OC(C)c2ccccc2)cn1. The van der Waals surface area contributed by atoms with Gasteiger partial charge in [0.05, 0.1) is 11.9 Å². The van der Waals surface area contributed by atoms with E-state index in [4.69, 9.17) is 4.74 Å². The Labute approximate surface area is 121 Å². The van der Waals surface area contributed by atoms with Gasteiger partial charge in [-0.2, -0.15) is 0 Å². The van der Waals surface area contributed by atoms with Crippen LogP contribution in [0.4, 0.5) is 0 Å². The lowest BCUT2D eigenvalue weighted by Gasteiger charge is -2.15. The van der Waals surface area contributed by atoms with E-state index in [1.54, 1.807) is 6.20 Å². The molecule has 2 aromatic rings. The molecular weight excluding hydrogens is 248 g/mol. The first-order chi connectivity index (χ1) is 9.65. The normalized spacial score (nSPS) is 12.4. The first kappa shape index (κ1) is 14.5. The molecule has 2 rings (SSSR count). The summed E-state index contributed by atoms with van der Waals surface area (Å²) in [5.41, 5.74) is 2.19. The van der Waals surface area contributed by atoms with E-state index in [-0.39, 0.29) is 6.10 Å². The quantitative estimate of drug-likeness (QED) is 0.868. The summed E-state index contributed by atoms with van der Waals surface area (Å²) in [6.07, 6.45) is 1.81. The van der Waals surface area contributed by atoms with Crippen LogP contribution in [0.5, 0.6) is 5.75 Å². The number of hydrogen-bond donors (Lipinski definition) is 1. The molecule has 1 atom stereocenters. The van der Waals surface area contributed by atoms with Crippen molar-refractivity contribution < 1.29 is 4.74 Å². The second kappa shape index (κ2) is 7.06. The van der Waals surface area contributed by atoms with Gasteiger partial charge >= 0.3 is 0 Å².